The molecule has 0 bridgehead atoms. The molecule has 0 saturated heterocycles. The molecule has 1 amide bonds. The number of amides is 1. The van der Waals surface area contributed by atoms with Crippen molar-refractivity contribution in [1.29, 1.82) is 0 Å². The SMILES string of the molecule is COc1ccc(OCC(=O)Nc2cccc(I)c2)c(C(C)=O)c1. The number of anilines is 1. The summed E-state index contributed by atoms with van der Waals surface area (Å²) < 4.78 is 11.6. The summed E-state index contributed by atoms with van der Waals surface area (Å²) in [6.45, 7) is 1.26. The lowest BCUT2D eigenvalue weighted by molar-refractivity contribution is -0.118. The van der Waals surface area contributed by atoms with Gasteiger partial charge in [-0.2, -0.15) is 0 Å². The normalized spacial score (nSPS) is 10.0. The Labute approximate surface area is 148 Å². The van der Waals surface area contributed by atoms with E-state index >= 15 is 0 Å². The molecule has 0 unspecified atom stereocenters. The zero-order valence-corrected chi connectivity index (χ0v) is 14.9. The van der Waals surface area contributed by atoms with E-state index in [0.717, 1.165) is 3.57 Å². The monoisotopic (exact) mass is 425 g/mol. The summed E-state index contributed by atoms with van der Waals surface area (Å²) in [5.74, 6) is 0.469. The van der Waals surface area contributed by atoms with Crippen molar-refractivity contribution >= 4 is 40.0 Å². The van der Waals surface area contributed by atoms with Crippen LogP contribution in [0.5, 0.6) is 11.5 Å². The molecule has 2 rings (SSSR count). The molecule has 1 N–H and O–H groups in total. The van der Waals surface area contributed by atoms with Crippen LogP contribution in [0.25, 0.3) is 0 Å². The van der Waals surface area contributed by atoms with E-state index in [1.54, 1.807) is 24.3 Å². The summed E-state index contributed by atoms with van der Waals surface area (Å²) in [4.78, 5) is 23.6. The molecule has 120 valence electrons. The molecule has 0 atom stereocenters. The Morgan fingerprint density at radius 1 is 1.17 bits per heavy atom. The highest BCUT2D eigenvalue weighted by Gasteiger charge is 2.12. The molecule has 23 heavy (non-hydrogen) atoms. The number of methoxy groups -OCH3 is 1. The number of rotatable bonds is 6. The van der Waals surface area contributed by atoms with Gasteiger partial charge in [0.15, 0.2) is 12.4 Å². The third kappa shape index (κ3) is 4.95. The first-order valence-electron chi connectivity index (χ1n) is 6.87. The molecule has 0 radical (unpaired) electrons. The number of carbonyl (C=O) groups is 2. The average molecular weight is 425 g/mol. The molecule has 0 spiro atoms. The lowest BCUT2D eigenvalue weighted by atomic mass is 10.1. The zero-order valence-electron chi connectivity index (χ0n) is 12.8. The molecule has 0 saturated carbocycles. The van der Waals surface area contributed by atoms with Gasteiger partial charge in [-0.15, -0.1) is 0 Å². The fraction of sp³-hybridized carbons (Fsp3) is 0.176. The van der Waals surface area contributed by atoms with Crippen LogP contribution in [0.2, 0.25) is 0 Å². The lowest BCUT2D eigenvalue weighted by Crippen LogP contribution is -2.20. The predicted molar refractivity (Wildman–Crippen MR) is 96.3 cm³/mol. The van der Waals surface area contributed by atoms with E-state index in [2.05, 4.69) is 27.9 Å². The summed E-state index contributed by atoms with van der Waals surface area (Å²) in [6.07, 6.45) is 0. The van der Waals surface area contributed by atoms with Crippen molar-refractivity contribution in [3.8, 4) is 11.5 Å². The van der Waals surface area contributed by atoms with Gasteiger partial charge in [0.2, 0.25) is 0 Å². The van der Waals surface area contributed by atoms with Crippen molar-refractivity contribution < 1.29 is 19.1 Å². The molecule has 2 aromatic carbocycles. The van der Waals surface area contributed by atoms with Gasteiger partial charge >= 0.3 is 0 Å². The molecular weight excluding hydrogens is 409 g/mol. The van der Waals surface area contributed by atoms with Crippen molar-refractivity contribution in [3.05, 3.63) is 51.6 Å². The summed E-state index contributed by atoms with van der Waals surface area (Å²) in [5.41, 5.74) is 1.08. The molecule has 0 aliphatic heterocycles. The Morgan fingerprint density at radius 2 is 1.96 bits per heavy atom. The molecule has 0 aliphatic rings. The molecule has 0 fully saturated rings. The second-order valence-corrected chi connectivity index (χ2v) is 6.01. The maximum absolute atomic E-state index is 12.0. The van der Waals surface area contributed by atoms with Crippen LogP contribution in [0, 0.1) is 3.57 Å². The van der Waals surface area contributed by atoms with Gasteiger partial charge in [0, 0.05) is 9.26 Å². The Kier molecular flexibility index (Phi) is 5.97. The van der Waals surface area contributed by atoms with E-state index in [-0.39, 0.29) is 18.3 Å². The summed E-state index contributed by atoms with van der Waals surface area (Å²) >= 11 is 2.17. The van der Waals surface area contributed by atoms with Crippen LogP contribution >= 0.6 is 22.6 Å². The first kappa shape index (κ1) is 17.3. The second-order valence-electron chi connectivity index (χ2n) is 4.77. The Morgan fingerprint density at radius 3 is 2.61 bits per heavy atom. The average Bonchev–Trinajstić information content (AvgIpc) is 2.52. The number of hydrogen-bond donors (Lipinski definition) is 1. The predicted octanol–water partition coefficient (Wildman–Crippen LogP) is 3.52. The van der Waals surface area contributed by atoms with Crippen molar-refractivity contribution in [2.24, 2.45) is 0 Å². The second kappa shape index (κ2) is 7.96. The molecular formula is C17H16INO4. The highest BCUT2D eigenvalue weighted by Crippen LogP contribution is 2.24. The van der Waals surface area contributed by atoms with Crippen molar-refractivity contribution in [3.63, 3.8) is 0 Å². The standard InChI is InChI=1S/C17H16INO4/c1-11(20)15-9-14(22-2)6-7-16(15)23-10-17(21)19-13-5-3-4-12(18)8-13/h3-9H,10H2,1-2H3,(H,19,21). The molecule has 2 aromatic rings. The minimum atomic E-state index is -0.294. The number of hydrogen-bond acceptors (Lipinski definition) is 4. The maximum Gasteiger partial charge on any atom is 0.262 e. The van der Waals surface area contributed by atoms with Crippen molar-refractivity contribution in [1.82, 2.24) is 0 Å². The van der Waals surface area contributed by atoms with Gasteiger partial charge in [-0.1, -0.05) is 6.07 Å². The zero-order chi connectivity index (χ0) is 16.8. The number of benzene rings is 2. The van der Waals surface area contributed by atoms with Crippen LogP contribution in [0.15, 0.2) is 42.5 Å². The number of nitrogens with one attached hydrogen (secondary N) is 1. The Hall–Kier alpha value is -2.09. The van der Waals surface area contributed by atoms with Gasteiger partial charge in [-0.3, -0.25) is 9.59 Å². The van der Waals surface area contributed by atoms with Crippen LogP contribution in [-0.2, 0) is 4.79 Å². The Balaban J connectivity index is 2.02. The first-order chi connectivity index (χ1) is 11.0. The van der Waals surface area contributed by atoms with Gasteiger partial charge < -0.3 is 14.8 Å². The van der Waals surface area contributed by atoms with Gasteiger partial charge in [0.25, 0.3) is 5.91 Å². The van der Waals surface area contributed by atoms with Gasteiger partial charge in [-0.25, -0.2) is 0 Å². The smallest absolute Gasteiger partial charge is 0.262 e. The fourth-order valence-electron chi connectivity index (χ4n) is 1.94. The van der Waals surface area contributed by atoms with Crippen LogP contribution < -0.4 is 14.8 Å². The van der Waals surface area contributed by atoms with Gasteiger partial charge in [0.05, 0.1) is 12.7 Å². The quantitative estimate of drug-likeness (QED) is 0.569. The van der Waals surface area contributed by atoms with E-state index < -0.39 is 0 Å². The molecule has 6 heteroatoms. The first-order valence-corrected chi connectivity index (χ1v) is 7.94. The third-order valence-corrected chi connectivity index (χ3v) is 3.70. The van der Waals surface area contributed by atoms with Crippen molar-refractivity contribution in [2.45, 2.75) is 6.92 Å². The topological polar surface area (TPSA) is 64.6 Å². The van der Waals surface area contributed by atoms with E-state index in [9.17, 15) is 9.59 Å². The fourth-order valence-corrected chi connectivity index (χ4v) is 2.49. The molecule has 0 heterocycles. The van der Waals surface area contributed by atoms with Crippen LogP contribution in [0.3, 0.4) is 0 Å². The van der Waals surface area contributed by atoms with E-state index in [0.29, 0.717) is 22.7 Å². The van der Waals surface area contributed by atoms with Crippen LogP contribution in [0.1, 0.15) is 17.3 Å². The third-order valence-electron chi connectivity index (χ3n) is 3.03. The largest absolute Gasteiger partial charge is 0.497 e. The highest BCUT2D eigenvalue weighted by molar-refractivity contribution is 14.1. The van der Waals surface area contributed by atoms with Gasteiger partial charge in [-0.05, 0) is 65.9 Å². The lowest BCUT2D eigenvalue weighted by Gasteiger charge is -2.11. The number of ketones is 1. The highest BCUT2D eigenvalue weighted by atomic mass is 127. The summed E-state index contributed by atoms with van der Waals surface area (Å²) in [7, 11) is 1.52. The van der Waals surface area contributed by atoms with E-state index in [1.807, 2.05) is 18.2 Å². The van der Waals surface area contributed by atoms with Gasteiger partial charge in [0.1, 0.15) is 11.5 Å². The van der Waals surface area contributed by atoms with Crippen molar-refractivity contribution in [2.75, 3.05) is 19.0 Å². The minimum absolute atomic E-state index is 0.156. The number of halogens is 1. The summed E-state index contributed by atoms with van der Waals surface area (Å²) in [6, 6.07) is 12.3. The minimum Gasteiger partial charge on any atom is -0.497 e. The number of Topliss-reactive ketones (excluding diaryl/α,β-unsaturated/α-hetero) is 1. The molecule has 0 aliphatic carbocycles. The van der Waals surface area contributed by atoms with Crippen LogP contribution in [0.4, 0.5) is 5.69 Å². The number of carbonyl (C=O) groups excluding carboxylic acids is 2. The molecule has 5 nitrogen and oxygen atoms in total. The maximum atomic E-state index is 12.0. The Bertz CT molecular complexity index is 730. The summed E-state index contributed by atoms with van der Waals surface area (Å²) in [5, 5.41) is 2.75. The number of ether oxygens (including phenoxy) is 2. The van der Waals surface area contributed by atoms with Crippen LogP contribution in [-0.4, -0.2) is 25.4 Å². The molecule has 0 aromatic heterocycles. The van der Waals surface area contributed by atoms with E-state index in [4.69, 9.17) is 9.47 Å². The van der Waals surface area contributed by atoms with E-state index in [1.165, 1.54) is 14.0 Å².